The van der Waals surface area contributed by atoms with Gasteiger partial charge in [0.2, 0.25) is 0 Å². The molecule has 2 aromatic rings. The number of aromatic nitrogens is 2. The lowest BCUT2D eigenvalue weighted by molar-refractivity contribution is 0.552. The Balaban J connectivity index is 2.49. The normalized spacial score (nSPS) is 13.1. The average Bonchev–Trinajstić information content (AvgIpc) is 2.70. The van der Waals surface area contributed by atoms with E-state index in [1.807, 2.05) is 6.07 Å². The largest absolute Gasteiger partial charge is 0.327 e. The van der Waals surface area contributed by atoms with Gasteiger partial charge in [-0.1, -0.05) is 32.4 Å². The monoisotopic (exact) mass is 231 g/mol. The van der Waals surface area contributed by atoms with Crippen LogP contribution in [0.3, 0.4) is 0 Å². The number of benzene rings is 1. The average molecular weight is 231 g/mol. The number of fused-ring (bicyclic) bond motifs is 1. The molecule has 92 valence electrons. The van der Waals surface area contributed by atoms with Crippen LogP contribution in [0.15, 0.2) is 24.3 Å². The molecule has 2 N–H and O–H groups in total. The molecule has 0 radical (unpaired) electrons. The van der Waals surface area contributed by atoms with Gasteiger partial charge in [0.05, 0.1) is 17.1 Å². The summed E-state index contributed by atoms with van der Waals surface area (Å²) in [6, 6.07) is 8.33. The van der Waals surface area contributed by atoms with Crippen molar-refractivity contribution >= 4 is 11.0 Å². The van der Waals surface area contributed by atoms with Gasteiger partial charge in [-0.2, -0.15) is 0 Å². The van der Waals surface area contributed by atoms with Crippen molar-refractivity contribution in [2.75, 3.05) is 0 Å². The highest BCUT2D eigenvalue weighted by atomic mass is 15.1. The molecule has 0 spiro atoms. The van der Waals surface area contributed by atoms with E-state index in [0.29, 0.717) is 0 Å². The Hall–Kier alpha value is -1.35. The molecule has 0 aliphatic rings. The molecule has 0 saturated heterocycles. The predicted molar refractivity (Wildman–Crippen MR) is 71.9 cm³/mol. The maximum atomic E-state index is 6.22. The molecule has 1 aromatic carbocycles. The number of imidazole rings is 1. The van der Waals surface area contributed by atoms with Crippen LogP contribution < -0.4 is 5.73 Å². The van der Waals surface area contributed by atoms with E-state index in [9.17, 15) is 0 Å². The van der Waals surface area contributed by atoms with Crippen molar-refractivity contribution in [3.8, 4) is 0 Å². The summed E-state index contributed by atoms with van der Waals surface area (Å²) in [4.78, 5) is 4.69. The first-order valence-corrected chi connectivity index (χ1v) is 6.48. The van der Waals surface area contributed by atoms with Gasteiger partial charge in [0.15, 0.2) is 0 Å². The molecule has 3 nitrogen and oxygen atoms in total. The fourth-order valence-corrected chi connectivity index (χ4v) is 2.28. The highest BCUT2D eigenvalue weighted by Crippen LogP contribution is 2.22. The molecule has 0 aliphatic carbocycles. The smallest absolute Gasteiger partial charge is 0.126 e. The summed E-state index contributed by atoms with van der Waals surface area (Å²) in [5.41, 5.74) is 8.48. The van der Waals surface area contributed by atoms with Gasteiger partial charge in [0, 0.05) is 6.54 Å². The summed E-state index contributed by atoms with van der Waals surface area (Å²) in [7, 11) is 0. The minimum atomic E-state index is 0.0546. The maximum Gasteiger partial charge on any atom is 0.126 e. The first-order valence-electron chi connectivity index (χ1n) is 6.48. The number of rotatable bonds is 5. The minimum Gasteiger partial charge on any atom is -0.327 e. The van der Waals surface area contributed by atoms with E-state index in [-0.39, 0.29) is 6.04 Å². The first kappa shape index (κ1) is 12.1. The molecule has 1 atom stereocenters. The van der Waals surface area contributed by atoms with Gasteiger partial charge in [-0.05, 0) is 25.0 Å². The Labute approximate surface area is 103 Å². The second kappa shape index (κ2) is 5.32. The first-order chi connectivity index (χ1) is 8.27. The third-order valence-corrected chi connectivity index (χ3v) is 3.06. The molecule has 0 bridgehead atoms. The van der Waals surface area contributed by atoms with Gasteiger partial charge in [0.1, 0.15) is 5.82 Å². The summed E-state index contributed by atoms with van der Waals surface area (Å²) >= 11 is 0. The van der Waals surface area contributed by atoms with Crippen LogP contribution in [0.5, 0.6) is 0 Å². The summed E-state index contributed by atoms with van der Waals surface area (Å²) in [6.07, 6.45) is 3.19. The SMILES string of the molecule is CCCC(N)c1nc2ccccc2n1CCC. The van der Waals surface area contributed by atoms with E-state index in [0.717, 1.165) is 37.1 Å². The van der Waals surface area contributed by atoms with Crippen molar-refractivity contribution in [1.29, 1.82) is 0 Å². The quantitative estimate of drug-likeness (QED) is 0.858. The van der Waals surface area contributed by atoms with Crippen LogP contribution in [-0.4, -0.2) is 9.55 Å². The maximum absolute atomic E-state index is 6.22. The molecule has 0 aliphatic heterocycles. The molecule has 3 heteroatoms. The van der Waals surface area contributed by atoms with Crippen molar-refractivity contribution in [2.45, 2.75) is 45.7 Å². The Morgan fingerprint density at radius 2 is 2.00 bits per heavy atom. The number of hydrogen-bond donors (Lipinski definition) is 1. The van der Waals surface area contributed by atoms with Gasteiger partial charge in [-0.25, -0.2) is 4.98 Å². The highest BCUT2D eigenvalue weighted by molar-refractivity contribution is 5.76. The molecule has 0 amide bonds. The fourth-order valence-electron chi connectivity index (χ4n) is 2.28. The molecule has 0 saturated carbocycles. The number of nitrogens with zero attached hydrogens (tertiary/aromatic N) is 2. The number of para-hydroxylation sites is 2. The van der Waals surface area contributed by atoms with Crippen molar-refractivity contribution in [3.05, 3.63) is 30.1 Å². The zero-order valence-electron chi connectivity index (χ0n) is 10.7. The summed E-state index contributed by atoms with van der Waals surface area (Å²) < 4.78 is 2.27. The van der Waals surface area contributed by atoms with Gasteiger partial charge in [-0.3, -0.25) is 0 Å². The van der Waals surface area contributed by atoms with Crippen LogP contribution in [0.1, 0.15) is 45.0 Å². The van der Waals surface area contributed by atoms with E-state index >= 15 is 0 Å². The molecule has 1 unspecified atom stereocenters. The van der Waals surface area contributed by atoms with Crippen molar-refractivity contribution < 1.29 is 0 Å². The lowest BCUT2D eigenvalue weighted by Crippen LogP contribution is -2.16. The second-order valence-electron chi connectivity index (χ2n) is 4.51. The highest BCUT2D eigenvalue weighted by Gasteiger charge is 2.15. The standard InChI is InChI=1S/C14H21N3/c1-3-7-11(15)14-16-12-8-5-6-9-13(12)17(14)10-4-2/h5-6,8-9,11H,3-4,7,10,15H2,1-2H3. The third-order valence-electron chi connectivity index (χ3n) is 3.06. The Morgan fingerprint density at radius 1 is 1.24 bits per heavy atom. The fraction of sp³-hybridized carbons (Fsp3) is 0.500. The molecule has 17 heavy (non-hydrogen) atoms. The van der Waals surface area contributed by atoms with Crippen LogP contribution in [0.2, 0.25) is 0 Å². The lowest BCUT2D eigenvalue weighted by Gasteiger charge is -2.13. The van der Waals surface area contributed by atoms with E-state index in [1.165, 1.54) is 5.52 Å². The van der Waals surface area contributed by atoms with Crippen LogP contribution in [-0.2, 0) is 6.54 Å². The number of hydrogen-bond acceptors (Lipinski definition) is 2. The van der Waals surface area contributed by atoms with Crippen LogP contribution in [0.4, 0.5) is 0 Å². The van der Waals surface area contributed by atoms with E-state index in [1.54, 1.807) is 0 Å². The molecule has 0 fully saturated rings. The van der Waals surface area contributed by atoms with Crippen LogP contribution in [0.25, 0.3) is 11.0 Å². The van der Waals surface area contributed by atoms with Gasteiger partial charge in [0.25, 0.3) is 0 Å². The molecule has 1 aromatic heterocycles. The van der Waals surface area contributed by atoms with E-state index in [4.69, 9.17) is 5.73 Å². The molecule has 2 rings (SSSR count). The van der Waals surface area contributed by atoms with Crippen molar-refractivity contribution in [3.63, 3.8) is 0 Å². The third kappa shape index (κ3) is 2.34. The zero-order chi connectivity index (χ0) is 12.3. The van der Waals surface area contributed by atoms with Gasteiger partial charge < -0.3 is 10.3 Å². The predicted octanol–water partition coefficient (Wildman–Crippen LogP) is 3.25. The Kier molecular flexibility index (Phi) is 3.79. The zero-order valence-corrected chi connectivity index (χ0v) is 10.7. The van der Waals surface area contributed by atoms with Crippen molar-refractivity contribution in [1.82, 2.24) is 9.55 Å². The van der Waals surface area contributed by atoms with Gasteiger partial charge >= 0.3 is 0 Å². The Bertz CT molecular complexity index is 487. The summed E-state index contributed by atoms with van der Waals surface area (Å²) in [5.74, 6) is 1.04. The van der Waals surface area contributed by atoms with E-state index < -0.39 is 0 Å². The Morgan fingerprint density at radius 3 is 2.71 bits per heavy atom. The molecule has 1 heterocycles. The molecular weight excluding hydrogens is 210 g/mol. The molecular formula is C14H21N3. The number of aryl methyl sites for hydroxylation is 1. The summed E-state index contributed by atoms with van der Waals surface area (Å²) in [6.45, 7) is 5.34. The minimum absolute atomic E-state index is 0.0546. The number of nitrogens with two attached hydrogens (primary N) is 1. The van der Waals surface area contributed by atoms with Crippen LogP contribution in [0, 0.1) is 0 Å². The van der Waals surface area contributed by atoms with Crippen molar-refractivity contribution in [2.24, 2.45) is 5.73 Å². The second-order valence-corrected chi connectivity index (χ2v) is 4.51. The summed E-state index contributed by atoms with van der Waals surface area (Å²) in [5, 5.41) is 0. The lowest BCUT2D eigenvalue weighted by atomic mass is 10.1. The van der Waals surface area contributed by atoms with E-state index in [2.05, 4.69) is 41.6 Å². The van der Waals surface area contributed by atoms with Crippen LogP contribution >= 0.6 is 0 Å². The topological polar surface area (TPSA) is 43.8 Å². The van der Waals surface area contributed by atoms with Gasteiger partial charge in [-0.15, -0.1) is 0 Å².